The predicted octanol–water partition coefficient (Wildman–Crippen LogP) is 2.36. The Balaban J connectivity index is 1.67. The molecule has 2 rings (SSSR count). The molecule has 0 radical (unpaired) electrons. The number of rotatable bonds is 9. The molecule has 0 aromatic heterocycles. The van der Waals surface area contributed by atoms with Crippen LogP contribution in [0.4, 0.5) is 0 Å². The highest BCUT2D eigenvalue weighted by molar-refractivity contribution is 5.27. The molecule has 1 atom stereocenters. The van der Waals surface area contributed by atoms with Crippen LogP contribution in [0.25, 0.3) is 0 Å². The molecule has 1 aliphatic heterocycles. The molecule has 4 heteroatoms. The van der Waals surface area contributed by atoms with Crippen molar-refractivity contribution in [2.24, 2.45) is 5.92 Å². The summed E-state index contributed by atoms with van der Waals surface area (Å²) in [5, 5.41) is 16.5. The van der Waals surface area contributed by atoms with Gasteiger partial charge in [-0.15, -0.1) is 0 Å². The van der Waals surface area contributed by atoms with E-state index in [1.54, 1.807) is 0 Å². The lowest BCUT2D eigenvalue weighted by Gasteiger charge is -2.22. The van der Waals surface area contributed by atoms with Crippen molar-refractivity contribution in [3.05, 3.63) is 29.8 Å². The van der Waals surface area contributed by atoms with E-state index in [4.69, 9.17) is 4.74 Å². The Hall–Kier alpha value is -1.10. The fourth-order valence-electron chi connectivity index (χ4n) is 2.92. The summed E-state index contributed by atoms with van der Waals surface area (Å²) >= 11 is 0. The van der Waals surface area contributed by atoms with Crippen LogP contribution in [0.2, 0.25) is 0 Å². The van der Waals surface area contributed by atoms with E-state index in [-0.39, 0.29) is 0 Å². The van der Waals surface area contributed by atoms with Crippen LogP contribution in [0.1, 0.15) is 38.7 Å². The van der Waals surface area contributed by atoms with E-state index in [1.165, 1.54) is 37.9 Å². The Labute approximate surface area is 140 Å². The molecule has 1 aliphatic rings. The smallest absolute Gasteiger partial charge is 0.119 e. The van der Waals surface area contributed by atoms with E-state index in [0.717, 1.165) is 18.1 Å². The Kier molecular flexibility index (Phi) is 7.86. The number of nitrogens with one attached hydrogen (secondary N) is 2. The van der Waals surface area contributed by atoms with Crippen LogP contribution < -0.4 is 15.4 Å². The second-order valence-electron chi connectivity index (χ2n) is 6.90. The minimum absolute atomic E-state index is 0.328. The second kappa shape index (κ2) is 9.91. The van der Waals surface area contributed by atoms with Gasteiger partial charge in [-0.05, 0) is 62.4 Å². The summed E-state index contributed by atoms with van der Waals surface area (Å²) in [6, 6.07) is 8.70. The highest BCUT2D eigenvalue weighted by Gasteiger charge is 2.12. The van der Waals surface area contributed by atoms with E-state index in [2.05, 4.69) is 36.6 Å². The summed E-state index contributed by atoms with van der Waals surface area (Å²) in [5.41, 5.74) is 1.37. The van der Waals surface area contributed by atoms with Crippen LogP contribution in [0.5, 0.6) is 5.75 Å². The van der Waals surface area contributed by atoms with Crippen LogP contribution in [-0.4, -0.2) is 43.5 Å². The summed E-state index contributed by atoms with van der Waals surface area (Å²) < 4.78 is 5.65. The normalized spacial score (nSPS) is 17.4. The van der Waals surface area contributed by atoms with Crippen molar-refractivity contribution in [2.75, 3.05) is 26.2 Å². The minimum Gasteiger partial charge on any atom is -0.491 e. The molecule has 1 unspecified atom stereocenters. The molecule has 1 aromatic carbocycles. The summed E-state index contributed by atoms with van der Waals surface area (Å²) in [6.45, 7) is 7.36. The number of ether oxygens (including phenoxy) is 1. The van der Waals surface area contributed by atoms with Crippen molar-refractivity contribution < 1.29 is 9.84 Å². The van der Waals surface area contributed by atoms with Gasteiger partial charge < -0.3 is 20.5 Å². The lowest BCUT2D eigenvalue weighted by molar-refractivity contribution is 0.104. The highest BCUT2D eigenvalue weighted by Crippen LogP contribution is 2.20. The minimum atomic E-state index is -0.475. The van der Waals surface area contributed by atoms with Crippen LogP contribution in [-0.2, 0) is 6.42 Å². The third-order valence-corrected chi connectivity index (χ3v) is 4.43. The Morgan fingerprint density at radius 1 is 1.22 bits per heavy atom. The van der Waals surface area contributed by atoms with Gasteiger partial charge in [0.2, 0.25) is 0 Å². The topological polar surface area (TPSA) is 53.5 Å². The average molecular weight is 320 g/mol. The Morgan fingerprint density at radius 3 is 2.57 bits per heavy atom. The maximum atomic E-state index is 9.85. The van der Waals surface area contributed by atoms with Gasteiger partial charge in [0.25, 0.3) is 0 Å². The molecule has 0 saturated carbocycles. The molecule has 1 aromatic rings. The molecule has 1 saturated heterocycles. The van der Waals surface area contributed by atoms with Crippen LogP contribution in [0.15, 0.2) is 24.3 Å². The summed E-state index contributed by atoms with van der Waals surface area (Å²) in [4.78, 5) is 0. The molecule has 0 amide bonds. The Morgan fingerprint density at radius 2 is 1.91 bits per heavy atom. The van der Waals surface area contributed by atoms with Crippen molar-refractivity contribution in [1.29, 1.82) is 0 Å². The fourth-order valence-corrected chi connectivity index (χ4v) is 2.92. The lowest BCUT2D eigenvalue weighted by Crippen LogP contribution is -2.35. The lowest BCUT2D eigenvalue weighted by atomic mass is 9.91. The first-order valence-corrected chi connectivity index (χ1v) is 8.97. The molecular weight excluding hydrogens is 288 g/mol. The van der Waals surface area contributed by atoms with E-state index in [1.807, 2.05) is 12.1 Å². The molecule has 130 valence electrons. The van der Waals surface area contributed by atoms with Gasteiger partial charge in [0.1, 0.15) is 18.5 Å². The predicted molar refractivity (Wildman–Crippen MR) is 95.0 cm³/mol. The fraction of sp³-hybridized carbons (Fsp3) is 0.684. The third kappa shape index (κ3) is 7.34. The average Bonchev–Trinajstić information content (AvgIpc) is 2.58. The highest BCUT2D eigenvalue weighted by atomic mass is 16.5. The molecule has 4 nitrogen and oxygen atoms in total. The molecule has 0 aliphatic carbocycles. The number of aliphatic hydroxyl groups is 1. The molecule has 23 heavy (non-hydrogen) atoms. The summed E-state index contributed by atoms with van der Waals surface area (Å²) in [6.07, 6.45) is 4.57. The monoisotopic (exact) mass is 320 g/mol. The SMILES string of the molecule is CC(C)NCC(O)COc1ccc(CCC2CCNCC2)cc1. The quantitative estimate of drug-likeness (QED) is 0.654. The van der Waals surface area contributed by atoms with Gasteiger partial charge in [-0.1, -0.05) is 26.0 Å². The zero-order chi connectivity index (χ0) is 16.5. The molecule has 0 bridgehead atoms. The van der Waals surface area contributed by atoms with Crippen molar-refractivity contribution in [1.82, 2.24) is 10.6 Å². The van der Waals surface area contributed by atoms with Gasteiger partial charge >= 0.3 is 0 Å². The molecular formula is C19H32N2O2. The van der Waals surface area contributed by atoms with E-state index in [9.17, 15) is 5.11 Å². The summed E-state index contributed by atoms with van der Waals surface area (Å²) in [7, 11) is 0. The zero-order valence-electron chi connectivity index (χ0n) is 14.6. The van der Waals surface area contributed by atoms with Gasteiger partial charge in [0.05, 0.1) is 0 Å². The standard InChI is InChI=1S/C19H32N2O2/c1-15(2)21-13-18(22)14-23-19-7-5-16(6-8-19)3-4-17-9-11-20-12-10-17/h5-8,15,17-18,20-22H,3-4,9-14H2,1-2H3. The van der Waals surface area contributed by atoms with Crippen molar-refractivity contribution in [3.8, 4) is 5.75 Å². The van der Waals surface area contributed by atoms with Crippen LogP contribution >= 0.6 is 0 Å². The zero-order valence-corrected chi connectivity index (χ0v) is 14.6. The molecule has 3 N–H and O–H groups in total. The maximum absolute atomic E-state index is 9.85. The van der Waals surface area contributed by atoms with Crippen molar-refractivity contribution in [3.63, 3.8) is 0 Å². The number of aliphatic hydroxyl groups excluding tert-OH is 1. The first kappa shape index (κ1) is 18.2. The van der Waals surface area contributed by atoms with Gasteiger partial charge in [-0.25, -0.2) is 0 Å². The number of hydrogen-bond acceptors (Lipinski definition) is 4. The van der Waals surface area contributed by atoms with E-state index in [0.29, 0.717) is 19.2 Å². The number of benzene rings is 1. The first-order valence-electron chi connectivity index (χ1n) is 8.97. The molecule has 1 fully saturated rings. The van der Waals surface area contributed by atoms with E-state index < -0.39 is 6.10 Å². The largest absolute Gasteiger partial charge is 0.491 e. The first-order chi connectivity index (χ1) is 11.1. The number of piperidine rings is 1. The van der Waals surface area contributed by atoms with Gasteiger partial charge in [0, 0.05) is 12.6 Å². The second-order valence-corrected chi connectivity index (χ2v) is 6.90. The Bertz CT molecular complexity index is 428. The van der Waals surface area contributed by atoms with Gasteiger partial charge in [-0.2, -0.15) is 0 Å². The third-order valence-electron chi connectivity index (χ3n) is 4.43. The van der Waals surface area contributed by atoms with Crippen molar-refractivity contribution in [2.45, 2.75) is 51.7 Å². The number of aryl methyl sites for hydroxylation is 1. The van der Waals surface area contributed by atoms with Crippen molar-refractivity contribution >= 4 is 0 Å². The molecule has 1 heterocycles. The number of hydrogen-bond donors (Lipinski definition) is 3. The van der Waals surface area contributed by atoms with Crippen LogP contribution in [0, 0.1) is 5.92 Å². The maximum Gasteiger partial charge on any atom is 0.119 e. The van der Waals surface area contributed by atoms with E-state index >= 15 is 0 Å². The van der Waals surface area contributed by atoms with Gasteiger partial charge in [-0.3, -0.25) is 0 Å². The van der Waals surface area contributed by atoms with Gasteiger partial charge in [0.15, 0.2) is 0 Å². The molecule has 0 spiro atoms. The summed E-state index contributed by atoms with van der Waals surface area (Å²) in [5.74, 6) is 1.70. The van der Waals surface area contributed by atoms with Crippen LogP contribution in [0.3, 0.4) is 0 Å².